The smallest absolute Gasteiger partial charge is 0.130 e. The van der Waals surface area contributed by atoms with E-state index in [9.17, 15) is 0 Å². The van der Waals surface area contributed by atoms with Gasteiger partial charge in [-0.15, -0.1) is 0 Å². The van der Waals surface area contributed by atoms with Crippen LogP contribution in [0.4, 0.5) is 11.5 Å². The van der Waals surface area contributed by atoms with Crippen LogP contribution in [0.3, 0.4) is 0 Å². The molecule has 0 amide bonds. The Bertz CT molecular complexity index is 498. The van der Waals surface area contributed by atoms with E-state index in [1.807, 2.05) is 6.92 Å². The van der Waals surface area contributed by atoms with Gasteiger partial charge in [-0.2, -0.15) is 0 Å². The SMILES string of the molecule is CCc1cccc(Nc2cc(C)cc(C)n2)c1. The molecular formula is C15H18N2. The molecule has 88 valence electrons. The average Bonchev–Trinajstić information content (AvgIpc) is 2.28. The van der Waals surface area contributed by atoms with Crippen molar-refractivity contribution >= 4 is 11.5 Å². The van der Waals surface area contributed by atoms with Gasteiger partial charge in [0.15, 0.2) is 0 Å². The molecule has 0 aliphatic carbocycles. The molecule has 0 spiro atoms. The Morgan fingerprint density at radius 3 is 2.65 bits per heavy atom. The first-order valence-corrected chi connectivity index (χ1v) is 5.98. The minimum atomic E-state index is 0.913. The molecule has 2 nitrogen and oxygen atoms in total. The lowest BCUT2D eigenvalue weighted by Gasteiger charge is -2.08. The Hall–Kier alpha value is -1.83. The monoisotopic (exact) mass is 226 g/mol. The molecule has 0 fully saturated rings. The Morgan fingerprint density at radius 1 is 1.12 bits per heavy atom. The number of aromatic nitrogens is 1. The molecule has 2 aromatic rings. The second-order valence-corrected chi connectivity index (χ2v) is 4.35. The summed E-state index contributed by atoms with van der Waals surface area (Å²) in [6.07, 6.45) is 1.05. The highest BCUT2D eigenvalue weighted by Gasteiger charge is 1.99. The number of pyridine rings is 1. The molecule has 1 aromatic carbocycles. The molecule has 0 saturated heterocycles. The van der Waals surface area contributed by atoms with E-state index < -0.39 is 0 Å². The van der Waals surface area contributed by atoms with Crippen molar-refractivity contribution in [2.75, 3.05) is 5.32 Å². The van der Waals surface area contributed by atoms with Crippen molar-refractivity contribution in [2.24, 2.45) is 0 Å². The van der Waals surface area contributed by atoms with Crippen molar-refractivity contribution in [3.8, 4) is 0 Å². The van der Waals surface area contributed by atoms with E-state index >= 15 is 0 Å². The molecule has 0 aliphatic rings. The zero-order chi connectivity index (χ0) is 12.3. The van der Waals surface area contributed by atoms with Crippen LogP contribution in [0.15, 0.2) is 36.4 Å². The van der Waals surface area contributed by atoms with E-state index in [2.05, 4.69) is 60.5 Å². The summed E-state index contributed by atoms with van der Waals surface area (Å²) < 4.78 is 0. The van der Waals surface area contributed by atoms with Crippen LogP contribution in [-0.2, 0) is 6.42 Å². The van der Waals surface area contributed by atoms with Crippen molar-refractivity contribution in [1.29, 1.82) is 0 Å². The largest absolute Gasteiger partial charge is 0.340 e. The van der Waals surface area contributed by atoms with Gasteiger partial charge in [0, 0.05) is 11.4 Å². The Morgan fingerprint density at radius 2 is 1.94 bits per heavy atom. The lowest BCUT2D eigenvalue weighted by molar-refractivity contribution is 1.14. The highest BCUT2D eigenvalue weighted by molar-refractivity contribution is 5.57. The molecule has 0 bridgehead atoms. The van der Waals surface area contributed by atoms with E-state index in [0.717, 1.165) is 23.6 Å². The molecule has 0 aliphatic heterocycles. The number of nitrogens with one attached hydrogen (secondary N) is 1. The fourth-order valence-electron chi connectivity index (χ4n) is 1.92. The Labute approximate surface area is 103 Å². The number of benzene rings is 1. The fourth-order valence-corrected chi connectivity index (χ4v) is 1.92. The average molecular weight is 226 g/mol. The van der Waals surface area contributed by atoms with Crippen molar-refractivity contribution in [1.82, 2.24) is 4.98 Å². The van der Waals surface area contributed by atoms with Gasteiger partial charge >= 0.3 is 0 Å². The lowest BCUT2D eigenvalue weighted by Crippen LogP contribution is -1.96. The summed E-state index contributed by atoms with van der Waals surface area (Å²) in [5.41, 5.74) is 4.70. The van der Waals surface area contributed by atoms with Gasteiger partial charge in [0.1, 0.15) is 5.82 Å². The summed E-state index contributed by atoms with van der Waals surface area (Å²) in [4.78, 5) is 4.47. The van der Waals surface area contributed by atoms with Gasteiger partial charge in [-0.05, 0) is 55.7 Å². The molecule has 0 unspecified atom stereocenters. The first-order valence-electron chi connectivity index (χ1n) is 5.98. The van der Waals surface area contributed by atoms with Gasteiger partial charge < -0.3 is 5.32 Å². The molecule has 2 rings (SSSR count). The zero-order valence-corrected chi connectivity index (χ0v) is 10.6. The van der Waals surface area contributed by atoms with E-state index in [0.29, 0.717) is 0 Å². The number of nitrogens with zero attached hydrogens (tertiary/aromatic N) is 1. The van der Waals surface area contributed by atoms with Crippen LogP contribution < -0.4 is 5.32 Å². The molecule has 1 aromatic heterocycles. The first-order chi connectivity index (χ1) is 8.17. The summed E-state index contributed by atoms with van der Waals surface area (Å²) in [5.74, 6) is 0.913. The van der Waals surface area contributed by atoms with E-state index in [4.69, 9.17) is 0 Å². The maximum atomic E-state index is 4.47. The van der Waals surface area contributed by atoms with Crippen LogP contribution in [0.25, 0.3) is 0 Å². The predicted molar refractivity (Wildman–Crippen MR) is 72.8 cm³/mol. The van der Waals surface area contributed by atoms with E-state index in [1.54, 1.807) is 0 Å². The minimum Gasteiger partial charge on any atom is -0.340 e. The van der Waals surface area contributed by atoms with Gasteiger partial charge in [-0.1, -0.05) is 19.1 Å². The number of aryl methyl sites for hydroxylation is 3. The van der Waals surface area contributed by atoms with Crippen LogP contribution in [0.1, 0.15) is 23.7 Å². The topological polar surface area (TPSA) is 24.9 Å². The number of anilines is 2. The summed E-state index contributed by atoms with van der Waals surface area (Å²) in [6, 6.07) is 12.6. The molecular weight excluding hydrogens is 208 g/mol. The normalized spacial score (nSPS) is 10.3. The van der Waals surface area contributed by atoms with Crippen molar-refractivity contribution in [2.45, 2.75) is 27.2 Å². The molecule has 0 saturated carbocycles. The number of hydrogen-bond acceptors (Lipinski definition) is 2. The van der Waals surface area contributed by atoms with Crippen LogP contribution in [0.2, 0.25) is 0 Å². The summed E-state index contributed by atoms with van der Waals surface area (Å²) in [5, 5.41) is 3.35. The number of hydrogen-bond donors (Lipinski definition) is 1. The molecule has 0 radical (unpaired) electrons. The Kier molecular flexibility index (Phi) is 3.43. The van der Waals surface area contributed by atoms with Crippen LogP contribution in [-0.4, -0.2) is 4.98 Å². The quantitative estimate of drug-likeness (QED) is 0.855. The zero-order valence-electron chi connectivity index (χ0n) is 10.6. The van der Waals surface area contributed by atoms with Gasteiger partial charge in [0.25, 0.3) is 0 Å². The third kappa shape index (κ3) is 3.06. The summed E-state index contributed by atoms with van der Waals surface area (Å²) in [6.45, 7) is 6.26. The highest BCUT2D eigenvalue weighted by Crippen LogP contribution is 2.17. The first kappa shape index (κ1) is 11.6. The van der Waals surface area contributed by atoms with Crippen molar-refractivity contribution in [3.05, 3.63) is 53.2 Å². The second kappa shape index (κ2) is 5.00. The van der Waals surface area contributed by atoms with Crippen LogP contribution in [0.5, 0.6) is 0 Å². The third-order valence-corrected chi connectivity index (χ3v) is 2.71. The standard InChI is InChI=1S/C15H18N2/c1-4-13-6-5-7-14(10-13)17-15-9-11(2)8-12(3)16-15/h5-10H,4H2,1-3H3,(H,16,17). The molecule has 0 atom stereocenters. The van der Waals surface area contributed by atoms with Crippen LogP contribution >= 0.6 is 0 Å². The Balaban J connectivity index is 2.24. The fraction of sp³-hybridized carbons (Fsp3) is 0.267. The third-order valence-electron chi connectivity index (χ3n) is 2.71. The van der Waals surface area contributed by atoms with Gasteiger partial charge in [0.2, 0.25) is 0 Å². The summed E-state index contributed by atoms with van der Waals surface area (Å²) in [7, 11) is 0. The molecule has 2 heteroatoms. The number of rotatable bonds is 3. The molecule has 1 N–H and O–H groups in total. The second-order valence-electron chi connectivity index (χ2n) is 4.35. The lowest BCUT2D eigenvalue weighted by atomic mass is 10.1. The van der Waals surface area contributed by atoms with E-state index in [1.165, 1.54) is 11.1 Å². The van der Waals surface area contributed by atoms with E-state index in [-0.39, 0.29) is 0 Å². The van der Waals surface area contributed by atoms with Crippen molar-refractivity contribution < 1.29 is 0 Å². The highest BCUT2D eigenvalue weighted by atomic mass is 15.0. The predicted octanol–water partition coefficient (Wildman–Crippen LogP) is 4.00. The maximum Gasteiger partial charge on any atom is 0.130 e. The van der Waals surface area contributed by atoms with Gasteiger partial charge in [-0.3, -0.25) is 0 Å². The minimum absolute atomic E-state index is 0.913. The maximum absolute atomic E-state index is 4.47. The molecule has 1 heterocycles. The molecule has 17 heavy (non-hydrogen) atoms. The van der Waals surface area contributed by atoms with Gasteiger partial charge in [-0.25, -0.2) is 4.98 Å². The van der Waals surface area contributed by atoms with Gasteiger partial charge in [0.05, 0.1) is 0 Å². The summed E-state index contributed by atoms with van der Waals surface area (Å²) >= 11 is 0. The van der Waals surface area contributed by atoms with Crippen molar-refractivity contribution in [3.63, 3.8) is 0 Å². The van der Waals surface area contributed by atoms with Crippen LogP contribution in [0, 0.1) is 13.8 Å².